The Bertz CT molecular complexity index is 514. The Morgan fingerprint density at radius 1 is 1.39 bits per heavy atom. The maximum absolute atomic E-state index is 12.0. The van der Waals surface area contributed by atoms with Crippen LogP contribution in [0.1, 0.15) is 0 Å². The molecule has 0 bridgehead atoms. The molecule has 18 heavy (non-hydrogen) atoms. The van der Waals surface area contributed by atoms with Gasteiger partial charge in [0.15, 0.2) is 0 Å². The summed E-state index contributed by atoms with van der Waals surface area (Å²) >= 11 is 0. The lowest BCUT2D eigenvalue weighted by Gasteiger charge is -2.18. The third-order valence-electron chi connectivity index (χ3n) is 2.13. The van der Waals surface area contributed by atoms with Gasteiger partial charge in [0.1, 0.15) is 0 Å². The van der Waals surface area contributed by atoms with Crippen LogP contribution in [-0.4, -0.2) is 38.0 Å². The van der Waals surface area contributed by atoms with Gasteiger partial charge >= 0.3 is 0 Å². The molecule has 9 heteroatoms. The van der Waals surface area contributed by atoms with Gasteiger partial charge in [0.05, 0.1) is 23.5 Å². The average Bonchev–Trinajstić information content (AvgIpc) is 2.35. The molecule has 0 amide bonds. The van der Waals surface area contributed by atoms with Gasteiger partial charge in [0.2, 0.25) is 0 Å². The topological polar surface area (TPSA) is 116 Å². The highest BCUT2D eigenvalue weighted by Crippen LogP contribution is 2.19. The van der Waals surface area contributed by atoms with Gasteiger partial charge in [-0.1, -0.05) is 4.47 Å². The Hall–Kier alpha value is -1.55. The second-order valence-electron chi connectivity index (χ2n) is 3.25. The minimum absolute atomic E-state index is 0.00415. The molecule has 0 aliphatic rings. The third-order valence-corrected chi connectivity index (χ3v) is 3.86. The normalized spacial score (nSPS) is 11.7. The number of rotatable bonds is 6. The molecule has 0 unspecified atom stereocenters. The molecule has 0 aliphatic heterocycles. The van der Waals surface area contributed by atoms with Crippen molar-refractivity contribution in [1.29, 1.82) is 0 Å². The van der Waals surface area contributed by atoms with Crippen LogP contribution in [0.25, 0.3) is 0 Å². The van der Waals surface area contributed by atoms with Crippen LogP contribution < -0.4 is 5.73 Å². The molecule has 0 fully saturated rings. The molecule has 1 aromatic rings. The molecule has 1 aromatic carbocycles. The molecule has 0 saturated heterocycles. The number of hydrogen-bond acceptors (Lipinski definition) is 6. The van der Waals surface area contributed by atoms with Crippen LogP contribution in [0.2, 0.25) is 0 Å². The summed E-state index contributed by atoms with van der Waals surface area (Å²) < 4.78 is 24.8. The standard InChI is InChI=1S/C9H13N3O5S/c1-17-11(7-6-10)18(15,16)9-4-2-8(3-5-9)12(13)14/h2-5H,6-7,10H2,1H3. The monoisotopic (exact) mass is 275 g/mol. The first-order chi connectivity index (χ1) is 8.43. The molecular weight excluding hydrogens is 262 g/mol. The summed E-state index contributed by atoms with van der Waals surface area (Å²) in [5.74, 6) is 0. The van der Waals surface area contributed by atoms with E-state index in [9.17, 15) is 18.5 Å². The molecule has 8 nitrogen and oxygen atoms in total. The van der Waals surface area contributed by atoms with Crippen molar-refractivity contribution in [2.45, 2.75) is 4.90 Å². The van der Waals surface area contributed by atoms with E-state index in [1.807, 2.05) is 0 Å². The molecule has 0 aliphatic carbocycles. The zero-order valence-electron chi connectivity index (χ0n) is 9.64. The molecule has 1 rings (SSSR count). The number of hydroxylamine groups is 1. The summed E-state index contributed by atoms with van der Waals surface area (Å²) in [6.45, 7) is 0.0931. The minimum Gasteiger partial charge on any atom is -0.329 e. The highest BCUT2D eigenvalue weighted by Gasteiger charge is 2.24. The van der Waals surface area contributed by atoms with Crippen molar-refractivity contribution in [2.75, 3.05) is 20.2 Å². The molecule has 0 saturated carbocycles. The molecule has 0 spiro atoms. The van der Waals surface area contributed by atoms with Gasteiger partial charge in [-0.3, -0.25) is 15.0 Å². The molecule has 0 heterocycles. The van der Waals surface area contributed by atoms with E-state index in [4.69, 9.17) is 10.6 Å². The van der Waals surface area contributed by atoms with Crippen LogP contribution in [0, 0.1) is 10.1 Å². The number of sulfonamides is 1. The van der Waals surface area contributed by atoms with E-state index in [2.05, 4.69) is 0 Å². The van der Waals surface area contributed by atoms with Crippen LogP contribution in [0.4, 0.5) is 5.69 Å². The van der Waals surface area contributed by atoms with E-state index in [0.29, 0.717) is 0 Å². The van der Waals surface area contributed by atoms with Crippen LogP contribution in [-0.2, 0) is 14.9 Å². The predicted molar refractivity (Wildman–Crippen MR) is 63.1 cm³/mol. The maximum Gasteiger partial charge on any atom is 0.269 e. The second kappa shape index (κ2) is 5.87. The Morgan fingerprint density at radius 2 is 1.94 bits per heavy atom. The lowest BCUT2D eigenvalue weighted by atomic mass is 10.3. The fraction of sp³-hybridized carbons (Fsp3) is 0.333. The van der Waals surface area contributed by atoms with Crippen molar-refractivity contribution >= 4 is 15.7 Å². The van der Waals surface area contributed by atoms with Crippen LogP contribution in [0.3, 0.4) is 0 Å². The average molecular weight is 275 g/mol. The molecule has 100 valence electrons. The van der Waals surface area contributed by atoms with Gasteiger partial charge < -0.3 is 5.73 Å². The number of non-ortho nitro benzene ring substituents is 1. The first kappa shape index (κ1) is 14.5. The summed E-state index contributed by atoms with van der Waals surface area (Å²) in [6.07, 6.45) is 0. The first-order valence-electron chi connectivity index (χ1n) is 4.95. The van der Waals surface area contributed by atoms with Crippen molar-refractivity contribution in [1.82, 2.24) is 4.47 Å². The van der Waals surface area contributed by atoms with Crippen molar-refractivity contribution in [3.8, 4) is 0 Å². The second-order valence-corrected chi connectivity index (χ2v) is 5.08. The first-order valence-corrected chi connectivity index (χ1v) is 6.39. The summed E-state index contributed by atoms with van der Waals surface area (Å²) in [4.78, 5) is 14.5. The van der Waals surface area contributed by atoms with Crippen LogP contribution in [0.5, 0.6) is 0 Å². The summed E-state index contributed by atoms with van der Waals surface area (Å²) in [7, 11) is -2.64. The van der Waals surface area contributed by atoms with E-state index < -0.39 is 14.9 Å². The Morgan fingerprint density at radius 3 is 2.33 bits per heavy atom. The number of hydrogen-bond donors (Lipinski definition) is 1. The van der Waals surface area contributed by atoms with E-state index in [1.54, 1.807) is 0 Å². The van der Waals surface area contributed by atoms with E-state index in [0.717, 1.165) is 28.7 Å². The molecule has 2 N–H and O–H groups in total. The number of nitrogens with zero attached hydrogens (tertiary/aromatic N) is 2. The van der Waals surface area contributed by atoms with Crippen molar-refractivity contribution in [3.63, 3.8) is 0 Å². The zero-order chi connectivity index (χ0) is 13.8. The fourth-order valence-corrected chi connectivity index (χ4v) is 2.53. The van der Waals surface area contributed by atoms with Crippen molar-refractivity contribution in [2.24, 2.45) is 5.73 Å². The number of benzene rings is 1. The smallest absolute Gasteiger partial charge is 0.269 e. The summed E-state index contributed by atoms with van der Waals surface area (Å²) in [5, 5.41) is 10.5. The molecule has 0 aromatic heterocycles. The summed E-state index contributed by atoms with van der Waals surface area (Å²) in [5.41, 5.74) is 5.08. The molecule has 0 radical (unpaired) electrons. The van der Waals surface area contributed by atoms with E-state index in [-0.39, 0.29) is 23.7 Å². The maximum atomic E-state index is 12.0. The predicted octanol–water partition coefficient (Wildman–Crippen LogP) is 0.106. The van der Waals surface area contributed by atoms with Gasteiger partial charge in [-0.15, -0.1) is 0 Å². The van der Waals surface area contributed by atoms with Crippen LogP contribution >= 0.6 is 0 Å². The quantitative estimate of drug-likeness (QED) is 0.581. The van der Waals surface area contributed by atoms with E-state index >= 15 is 0 Å². The van der Waals surface area contributed by atoms with Gasteiger partial charge in [0.25, 0.3) is 15.7 Å². The third kappa shape index (κ3) is 3.01. The molecular formula is C9H13N3O5S. The lowest BCUT2D eigenvalue weighted by Crippen LogP contribution is -2.34. The fourth-order valence-electron chi connectivity index (χ4n) is 1.27. The van der Waals surface area contributed by atoms with Gasteiger partial charge in [-0.05, 0) is 12.1 Å². The number of nitro groups is 1. The number of nitro benzene ring substituents is 1. The van der Waals surface area contributed by atoms with Gasteiger partial charge in [-0.2, -0.15) is 0 Å². The van der Waals surface area contributed by atoms with Crippen molar-refractivity contribution in [3.05, 3.63) is 34.4 Å². The van der Waals surface area contributed by atoms with Gasteiger partial charge in [-0.25, -0.2) is 8.42 Å². The SMILES string of the molecule is CON(CCN)S(=O)(=O)c1ccc([N+](=O)[O-])cc1. The summed E-state index contributed by atoms with van der Waals surface area (Å²) in [6, 6.07) is 4.53. The number of nitrogens with two attached hydrogens (primary N) is 1. The van der Waals surface area contributed by atoms with Crippen LogP contribution in [0.15, 0.2) is 29.2 Å². The lowest BCUT2D eigenvalue weighted by molar-refractivity contribution is -0.384. The van der Waals surface area contributed by atoms with Crippen molar-refractivity contribution < 1.29 is 18.2 Å². The Balaban J connectivity index is 3.08. The van der Waals surface area contributed by atoms with E-state index in [1.165, 1.54) is 7.11 Å². The highest BCUT2D eigenvalue weighted by molar-refractivity contribution is 7.89. The highest BCUT2D eigenvalue weighted by atomic mass is 32.2. The minimum atomic E-state index is -3.85. The molecule has 0 atom stereocenters. The Labute approximate surface area is 104 Å². The Kier molecular flexibility index (Phi) is 4.73. The van der Waals surface area contributed by atoms with Gasteiger partial charge in [0, 0.05) is 18.7 Å². The zero-order valence-corrected chi connectivity index (χ0v) is 10.5. The largest absolute Gasteiger partial charge is 0.329 e.